The van der Waals surface area contributed by atoms with Gasteiger partial charge in [0.05, 0.1) is 11.5 Å². The van der Waals surface area contributed by atoms with Gasteiger partial charge >= 0.3 is 11.7 Å². The summed E-state index contributed by atoms with van der Waals surface area (Å²) in [6, 6.07) is 4.72. The number of carboxylic acids is 1. The van der Waals surface area contributed by atoms with E-state index in [1.807, 2.05) is 13.8 Å². The summed E-state index contributed by atoms with van der Waals surface area (Å²) in [6.07, 6.45) is 1.42. The molecule has 0 saturated heterocycles. The van der Waals surface area contributed by atoms with Gasteiger partial charge in [0.1, 0.15) is 12.2 Å². The zero-order valence-electron chi connectivity index (χ0n) is 12.2. The van der Waals surface area contributed by atoms with Gasteiger partial charge in [0, 0.05) is 6.54 Å². The molecule has 0 aliphatic rings. The monoisotopic (exact) mass is 296 g/mol. The molecule has 1 N–H and O–H groups in total. The number of hydrogen-bond donors (Lipinski definition) is 1. The summed E-state index contributed by atoms with van der Waals surface area (Å²) >= 11 is 0. The Morgan fingerprint density at radius 3 is 2.62 bits per heavy atom. The Hall–Kier alpha value is -2.31. The van der Waals surface area contributed by atoms with Crippen molar-refractivity contribution in [2.75, 3.05) is 24.6 Å². The molecule has 1 aromatic carbocycles. The molecule has 0 radical (unpaired) electrons. The van der Waals surface area contributed by atoms with Crippen LogP contribution in [-0.2, 0) is 4.79 Å². The SMILES string of the molecule is CCCOc1cccc(N(CCC)CC(=O)O)c1[N+](=O)[O-]. The Kier molecular flexibility index (Phi) is 6.45. The molecule has 0 spiro atoms. The van der Waals surface area contributed by atoms with Gasteiger partial charge in [0.2, 0.25) is 0 Å². The van der Waals surface area contributed by atoms with Crippen molar-refractivity contribution in [1.29, 1.82) is 0 Å². The fourth-order valence-corrected chi connectivity index (χ4v) is 2.00. The highest BCUT2D eigenvalue weighted by Gasteiger charge is 2.25. The van der Waals surface area contributed by atoms with E-state index in [2.05, 4.69) is 0 Å². The van der Waals surface area contributed by atoms with E-state index in [1.165, 1.54) is 11.0 Å². The maximum atomic E-state index is 11.4. The van der Waals surface area contributed by atoms with Crippen molar-refractivity contribution in [2.45, 2.75) is 26.7 Å². The second kappa shape index (κ2) is 8.08. The van der Waals surface area contributed by atoms with Crippen LogP contribution in [0.4, 0.5) is 11.4 Å². The number of benzene rings is 1. The summed E-state index contributed by atoms with van der Waals surface area (Å²) in [4.78, 5) is 23.3. The summed E-state index contributed by atoms with van der Waals surface area (Å²) < 4.78 is 5.41. The summed E-state index contributed by atoms with van der Waals surface area (Å²) in [6.45, 7) is 4.30. The first-order valence-corrected chi connectivity index (χ1v) is 6.88. The number of hydrogen-bond acceptors (Lipinski definition) is 5. The van der Waals surface area contributed by atoms with Crippen LogP contribution in [0.3, 0.4) is 0 Å². The molecule has 21 heavy (non-hydrogen) atoms. The van der Waals surface area contributed by atoms with Crippen LogP contribution in [0, 0.1) is 10.1 Å². The highest BCUT2D eigenvalue weighted by Crippen LogP contribution is 2.37. The number of para-hydroxylation sites is 1. The van der Waals surface area contributed by atoms with Crippen LogP contribution in [0.15, 0.2) is 18.2 Å². The van der Waals surface area contributed by atoms with E-state index in [0.29, 0.717) is 19.6 Å². The third-order valence-electron chi connectivity index (χ3n) is 2.78. The Morgan fingerprint density at radius 2 is 2.10 bits per heavy atom. The molecule has 7 nitrogen and oxygen atoms in total. The molecule has 0 aliphatic heterocycles. The average Bonchev–Trinajstić information content (AvgIpc) is 2.43. The number of ether oxygens (including phenoxy) is 1. The molecule has 0 fully saturated rings. The molecule has 0 aliphatic carbocycles. The van der Waals surface area contributed by atoms with E-state index >= 15 is 0 Å². The molecular formula is C14H20N2O5. The van der Waals surface area contributed by atoms with Gasteiger partial charge in [-0.1, -0.05) is 19.9 Å². The fraction of sp³-hybridized carbons (Fsp3) is 0.500. The number of carboxylic acid groups (broad SMARTS) is 1. The molecule has 0 saturated carbocycles. The molecule has 116 valence electrons. The maximum absolute atomic E-state index is 11.4. The summed E-state index contributed by atoms with van der Waals surface area (Å²) in [5.74, 6) is -0.858. The third kappa shape index (κ3) is 4.62. The Bertz CT molecular complexity index is 504. The van der Waals surface area contributed by atoms with E-state index in [-0.39, 0.29) is 23.7 Å². The van der Waals surface area contributed by atoms with Crippen LogP contribution in [0.25, 0.3) is 0 Å². The van der Waals surface area contributed by atoms with Gasteiger partial charge in [-0.3, -0.25) is 14.9 Å². The number of nitro groups is 1. The summed E-state index contributed by atoms with van der Waals surface area (Å²) in [5.41, 5.74) is 0.0958. The van der Waals surface area contributed by atoms with E-state index in [9.17, 15) is 14.9 Å². The molecule has 7 heteroatoms. The van der Waals surface area contributed by atoms with Gasteiger partial charge in [0.25, 0.3) is 0 Å². The molecule has 0 heterocycles. The number of nitrogens with zero attached hydrogens (tertiary/aromatic N) is 2. The fourth-order valence-electron chi connectivity index (χ4n) is 2.00. The smallest absolute Gasteiger partial charge is 0.333 e. The molecule has 0 amide bonds. The average molecular weight is 296 g/mol. The number of anilines is 1. The largest absolute Gasteiger partial charge is 0.487 e. The highest BCUT2D eigenvalue weighted by molar-refractivity contribution is 5.78. The first kappa shape index (κ1) is 16.7. The molecule has 0 aromatic heterocycles. The number of aliphatic carboxylic acids is 1. The minimum atomic E-state index is -1.03. The Balaban J connectivity index is 3.24. The maximum Gasteiger partial charge on any atom is 0.333 e. The van der Waals surface area contributed by atoms with E-state index in [4.69, 9.17) is 9.84 Å². The van der Waals surface area contributed by atoms with Gasteiger partial charge in [-0.05, 0) is 25.0 Å². The lowest BCUT2D eigenvalue weighted by Gasteiger charge is -2.22. The van der Waals surface area contributed by atoms with Crippen molar-refractivity contribution in [2.24, 2.45) is 0 Å². The standard InChI is InChI=1S/C14H20N2O5/c1-3-8-15(10-13(17)18)11-6-5-7-12(21-9-4-2)14(11)16(19)20/h5-7H,3-4,8-10H2,1-2H3,(H,17,18). The van der Waals surface area contributed by atoms with Crippen LogP contribution in [-0.4, -0.2) is 35.7 Å². The highest BCUT2D eigenvalue weighted by atomic mass is 16.6. The molecule has 1 rings (SSSR count). The first-order valence-electron chi connectivity index (χ1n) is 6.88. The van der Waals surface area contributed by atoms with Gasteiger partial charge in [-0.2, -0.15) is 0 Å². The van der Waals surface area contributed by atoms with Crippen molar-refractivity contribution in [3.63, 3.8) is 0 Å². The summed E-state index contributed by atoms with van der Waals surface area (Å²) in [5, 5.41) is 20.3. The Labute approximate surface area is 123 Å². The van der Waals surface area contributed by atoms with Crippen molar-refractivity contribution in [3.8, 4) is 5.75 Å². The normalized spacial score (nSPS) is 10.2. The predicted octanol–water partition coefficient (Wildman–Crippen LogP) is 2.68. The number of rotatable bonds is 9. The van der Waals surface area contributed by atoms with Crippen molar-refractivity contribution in [3.05, 3.63) is 28.3 Å². The van der Waals surface area contributed by atoms with E-state index < -0.39 is 10.9 Å². The Morgan fingerprint density at radius 1 is 1.38 bits per heavy atom. The molecule has 0 bridgehead atoms. The second-order valence-electron chi connectivity index (χ2n) is 4.54. The molecule has 1 aromatic rings. The van der Waals surface area contributed by atoms with Gasteiger partial charge in [-0.15, -0.1) is 0 Å². The van der Waals surface area contributed by atoms with Crippen LogP contribution >= 0.6 is 0 Å². The van der Waals surface area contributed by atoms with Gasteiger partial charge in [-0.25, -0.2) is 0 Å². The predicted molar refractivity (Wildman–Crippen MR) is 79.0 cm³/mol. The molecule has 0 unspecified atom stereocenters. The van der Waals surface area contributed by atoms with Crippen molar-refractivity contribution in [1.82, 2.24) is 0 Å². The van der Waals surface area contributed by atoms with Crippen LogP contribution < -0.4 is 9.64 Å². The second-order valence-corrected chi connectivity index (χ2v) is 4.54. The topological polar surface area (TPSA) is 92.9 Å². The first-order chi connectivity index (χ1) is 10.0. The lowest BCUT2D eigenvalue weighted by atomic mass is 10.2. The van der Waals surface area contributed by atoms with Gasteiger partial charge in [0.15, 0.2) is 5.75 Å². The zero-order chi connectivity index (χ0) is 15.8. The number of nitro benzene ring substituents is 1. The lowest BCUT2D eigenvalue weighted by molar-refractivity contribution is -0.385. The van der Waals surface area contributed by atoms with E-state index in [1.54, 1.807) is 12.1 Å². The van der Waals surface area contributed by atoms with Crippen LogP contribution in [0.2, 0.25) is 0 Å². The quantitative estimate of drug-likeness (QED) is 0.556. The minimum absolute atomic E-state index is 0.172. The summed E-state index contributed by atoms with van der Waals surface area (Å²) in [7, 11) is 0. The minimum Gasteiger partial charge on any atom is -0.487 e. The van der Waals surface area contributed by atoms with Crippen LogP contribution in [0.1, 0.15) is 26.7 Å². The molecular weight excluding hydrogens is 276 g/mol. The van der Waals surface area contributed by atoms with Crippen molar-refractivity contribution >= 4 is 17.3 Å². The number of carbonyl (C=O) groups is 1. The molecule has 0 atom stereocenters. The lowest BCUT2D eigenvalue weighted by Crippen LogP contribution is -2.31. The van der Waals surface area contributed by atoms with Crippen molar-refractivity contribution < 1.29 is 19.6 Å². The van der Waals surface area contributed by atoms with Crippen LogP contribution in [0.5, 0.6) is 5.75 Å². The van der Waals surface area contributed by atoms with E-state index in [0.717, 1.165) is 6.42 Å². The third-order valence-corrected chi connectivity index (χ3v) is 2.78. The zero-order valence-corrected chi connectivity index (χ0v) is 12.2. The van der Waals surface area contributed by atoms with Gasteiger partial charge < -0.3 is 14.7 Å².